The Labute approximate surface area is 206 Å². The third kappa shape index (κ3) is 4.83. The summed E-state index contributed by atoms with van der Waals surface area (Å²) in [4.78, 5) is 18.0. The SMILES string of the molecule is O=C1C(Cc2ccccc2)NC2(CCN(C(=S)Nc3ccccc3)CC2)N1Cc1ccccc1. The maximum absolute atomic E-state index is 13.7. The van der Waals surface area contributed by atoms with Gasteiger partial charge < -0.3 is 15.1 Å². The molecule has 2 saturated heterocycles. The standard InChI is InChI=1S/C28H30N4OS/c33-26-25(20-22-10-4-1-5-11-22)30-28(32(26)21-23-12-6-2-7-13-23)16-18-31(19-17-28)27(34)29-24-14-8-3-9-15-24/h1-15,25,30H,16-21H2,(H,29,34). The molecule has 2 N–H and O–H groups in total. The molecule has 0 bridgehead atoms. The molecule has 1 atom stereocenters. The van der Waals surface area contributed by atoms with Crippen molar-refractivity contribution in [3.63, 3.8) is 0 Å². The number of amides is 1. The molecule has 2 fully saturated rings. The van der Waals surface area contributed by atoms with Gasteiger partial charge in [0.1, 0.15) is 0 Å². The number of hydrogen-bond donors (Lipinski definition) is 2. The molecule has 2 heterocycles. The van der Waals surface area contributed by atoms with Crippen molar-refractivity contribution in [3.05, 3.63) is 102 Å². The predicted molar refractivity (Wildman–Crippen MR) is 140 cm³/mol. The molecule has 5 rings (SSSR count). The van der Waals surface area contributed by atoms with Gasteiger partial charge in [0.25, 0.3) is 0 Å². The average Bonchev–Trinajstić information content (AvgIpc) is 3.11. The number of carbonyl (C=O) groups is 1. The Morgan fingerprint density at radius 3 is 2.06 bits per heavy atom. The van der Waals surface area contributed by atoms with Gasteiger partial charge in [0, 0.05) is 38.2 Å². The second kappa shape index (κ2) is 9.95. The van der Waals surface area contributed by atoms with E-state index in [9.17, 15) is 4.79 Å². The van der Waals surface area contributed by atoms with Crippen LogP contribution in [-0.2, 0) is 17.8 Å². The van der Waals surface area contributed by atoms with Crippen LogP contribution in [0, 0.1) is 0 Å². The Morgan fingerprint density at radius 2 is 1.44 bits per heavy atom. The first kappa shape index (κ1) is 22.6. The lowest BCUT2D eigenvalue weighted by molar-refractivity contribution is -0.134. The van der Waals surface area contributed by atoms with Crippen LogP contribution in [0.25, 0.3) is 0 Å². The molecular weight excluding hydrogens is 440 g/mol. The minimum Gasteiger partial charge on any atom is -0.349 e. The number of benzene rings is 3. The number of rotatable bonds is 5. The Hall–Kier alpha value is -3.22. The van der Waals surface area contributed by atoms with E-state index in [1.54, 1.807) is 0 Å². The van der Waals surface area contributed by atoms with E-state index >= 15 is 0 Å². The van der Waals surface area contributed by atoms with Gasteiger partial charge in [-0.2, -0.15) is 0 Å². The van der Waals surface area contributed by atoms with Gasteiger partial charge in [-0.1, -0.05) is 78.9 Å². The third-order valence-corrected chi connectivity index (χ3v) is 7.25. The van der Waals surface area contributed by atoms with Crippen LogP contribution in [0.3, 0.4) is 0 Å². The summed E-state index contributed by atoms with van der Waals surface area (Å²) in [6.45, 7) is 2.20. The molecule has 2 aliphatic rings. The molecule has 174 valence electrons. The molecule has 5 nitrogen and oxygen atoms in total. The molecule has 0 radical (unpaired) electrons. The van der Waals surface area contributed by atoms with Crippen LogP contribution >= 0.6 is 12.2 Å². The topological polar surface area (TPSA) is 47.6 Å². The molecule has 2 aliphatic heterocycles. The van der Waals surface area contributed by atoms with E-state index in [0.29, 0.717) is 13.0 Å². The third-order valence-electron chi connectivity index (χ3n) is 6.89. The fourth-order valence-electron chi connectivity index (χ4n) is 5.06. The van der Waals surface area contributed by atoms with Crippen molar-refractivity contribution in [2.24, 2.45) is 0 Å². The van der Waals surface area contributed by atoms with Crippen molar-refractivity contribution in [2.75, 3.05) is 18.4 Å². The lowest BCUT2D eigenvalue weighted by Crippen LogP contribution is -2.59. The number of nitrogens with one attached hydrogen (secondary N) is 2. The Kier molecular flexibility index (Phi) is 6.61. The molecular formula is C28H30N4OS. The number of likely N-dealkylation sites (tertiary alicyclic amines) is 1. The first-order chi connectivity index (χ1) is 16.6. The molecule has 34 heavy (non-hydrogen) atoms. The summed E-state index contributed by atoms with van der Waals surface area (Å²) in [5.74, 6) is 0.186. The molecule has 3 aromatic rings. The molecule has 1 spiro atoms. The largest absolute Gasteiger partial charge is 0.349 e. The maximum Gasteiger partial charge on any atom is 0.241 e. The Morgan fingerprint density at radius 1 is 0.882 bits per heavy atom. The number of carbonyl (C=O) groups excluding carboxylic acids is 1. The van der Waals surface area contributed by atoms with Crippen LogP contribution in [-0.4, -0.2) is 45.6 Å². The van der Waals surface area contributed by atoms with Gasteiger partial charge >= 0.3 is 0 Å². The average molecular weight is 471 g/mol. The fourth-order valence-corrected chi connectivity index (χ4v) is 5.36. The second-order valence-corrected chi connectivity index (χ2v) is 9.50. The van der Waals surface area contributed by atoms with Crippen LogP contribution < -0.4 is 10.6 Å². The Bertz CT molecular complexity index is 1110. The fraction of sp³-hybridized carbons (Fsp3) is 0.286. The van der Waals surface area contributed by atoms with Crippen LogP contribution in [0.2, 0.25) is 0 Å². The van der Waals surface area contributed by atoms with Crippen molar-refractivity contribution >= 4 is 28.9 Å². The Balaban J connectivity index is 1.32. The monoisotopic (exact) mass is 470 g/mol. The summed E-state index contributed by atoms with van der Waals surface area (Å²) in [7, 11) is 0. The molecule has 3 aromatic carbocycles. The van der Waals surface area contributed by atoms with Gasteiger partial charge in [0.05, 0.1) is 11.7 Å². The lowest BCUT2D eigenvalue weighted by Gasteiger charge is -2.45. The van der Waals surface area contributed by atoms with Gasteiger partial charge in [0.2, 0.25) is 5.91 Å². The van der Waals surface area contributed by atoms with Crippen molar-refractivity contribution in [1.82, 2.24) is 15.1 Å². The minimum absolute atomic E-state index is 0.186. The van der Waals surface area contributed by atoms with Crippen molar-refractivity contribution < 1.29 is 4.79 Å². The summed E-state index contributed by atoms with van der Waals surface area (Å²) in [6, 6.07) is 30.4. The second-order valence-electron chi connectivity index (χ2n) is 9.11. The summed E-state index contributed by atoms with van der Waals surface area (Å²) in [5.41, 5.74) is 2.97. The smallest absolute Gasteiger partial charge is 0.241 e. The number of nitrogens with zero attached hydrogens (tertiary/aromatic N) is 2. The van der Waals surface area contributed by atoms with E-state index < -0.39 is 0 Å². The maximum atomic E-state index is 13.7. The molecule has 1 amide bonds. The molecule has 0 aromatic heterocycles. The van der Waals surface area contributed by atoms with Gasteiger partial charge in [-0.3, -0.25) is 10.1 Å². The van der Waals surface area contributed by atoms with Crippen molar-refractivity contribution in [1.29, 1.82) is 0 Å². The quantitative estimate of drug-likeness (QED) is 0.541. The lowest BCUT2D eigenvalue weighted by atomic mass is 9.95. The van der Waals surface area contributed by atoms with E-state index in [1.807, 2.05) is 66.7 Å². The van der Waals surface area contributed by atoms with E-state index in [2.05, 4.69) is 44.7 Å². The molecule has 1 unspecified atom stereocenters. The normalized spacial score (nSPS) is 19.4. The van der Waals surface area contributed by atoms with Crippen LogP contribution in [0.5, 0.6) is 0 Å². The first-order valence-electron chi connectivity index (χ1n) is 11.9. The summed E-state index contributed by atoms with van der Waals surface area (Å²) in [5, 5.41) is 7.86. The summed E-state index contributed by atoms with van der Waals surface area (Å²) >= 11 is 5.70. The molecule has 6 heteroatoms. The highest BCUT2D eigenvalue weighted by Crippen LogP contribution is 2.35. The highest BCUT2D eigenvalue weighted by atomic mass is 32.1. The number of anilines is 1. The van der Waals surface area contributed by atoms with E-state index in [0.717, 1.165) is 42.3 Å². The zero-order valence-corrected chi connectivity index (χ0v) is 20.0. The first-order valence-corrected chi connectivity index (χ1v) is 12.3. The zero-order valence-electron chi connectivity index (χ0n) is 19.2. The summed E-state index contributed by atoms with van der Waals surface area (Å²) in [6.07, 6.45) is 2.35. The van der Waals surface area contributed by atoms with Crippen molar-refractivity contribution in [3.8, 4) is 0 Å². The zero-order chi connectivity index (χ0) is 23.4. The number of thiocarbonyl (C=S) groups is 1. The van der Waals surface area contributed by atoms with Gasteiger partial charge in [-0.25, -0.2) is 0 Å². The van der Waals surface area contributed by atoms with E-state index in [4.69, 9.17) is 12.2 Å². The minimum atomic E-state index is -0.356. The van der Waals surface area contributed by atoms with Crippen molar-refractivity contribution in [2.45, 2.75) is 37.5 Å². The van der Waals surface area contributed by atoms with E-state index in [-0.39, 0.29) is 17.6 Å². The van der Waals surface area contributed by atoms with Crippen LogP contribution in [0.1, 0.15) is 24.0 Å². The molecule has 0 saturated carbocycles. The van der Waals surface area contributed by atoms with Crippen LogP contribution in [0.4, 0.5) is 5.69 Å². The predicted octanol–water partition coefficient (Wildman–Crippen LogP) is 4.42. The van der Waals surface area contributed by atoms with Crippen LogP contribution in [0.15, 0.2) is 91.0 Å². The van der Waals surface area contributed by atoms with E-state index in [1.165, 1.54) is 5.56 Å². The number of para-hydroxylation sites is 1. The highest BCUT2D eigenvalue weighted by Gasteiger charge is 2.51. The number of hydrogen-bond acceptors (Lipinski definition) is 3. The van der Waals surface area contributed by atoms with Gasteiger partial charge in [0.15, 0.2) is 5.11 Å². The highest BCUT2D eigenvalue weighted by molar-refractivity contribution is 7.80. The number of piperidine rings is 1. The molecule has 0 aliphatic carbocycles. The summed E-state index contributed by atoms with van der Waals surface area (Å²) < 4.78 is 0. The van der Waals surface area contributed by atoms with Gasteiger partial charge in [-0.15, -0.1) is 0 Å². The van der Waals surface area contributed by atoms with Gasteiger partial charge in [-0.05, 0) is 41.9 Å².